The van der Waals surface area contributed by atoms with Gasteiger partial charge in [-0.25, -0.2) is 9.97 Å². The van der Waals surface area contributed by atoms with Gasteiger partial charge < -0.3 is 8.83 Å². The third-order valence-corrected chi connectivity index (χ3v) is 10.3. The van der Waals surface area contributed by atoms with Gasteiger partial charge in [0, 0.05) is 32.8 Å². The average molecular weight is 665 g/mol. The van der Waals surface area contributed by atoms with Gasteiger partial charge in [-0.2, -0.15) is 0 Å². The number of hydrogen-bond donors (Lipinski definition) is 0. The van der Waals surface area contributed by atoms with E-state index in [1.807, 2.05) is 36.4 Å². The van der Waals surface area contributed by atoms with Gasteiger partial charge in [-0.15, -0.1) is 0 Å². The second-order valence-corrected chi connectivity index (χ2v) is 13.3. The standard InChI is InChI=1S/C48H28N2O2/c1-2-12-29(13-3-1)30-22-24-31(25-23-30)44-47-45(38-19-9-11-21-42(38)52-47)50-48(49-44)39-27-26-36(46-43(39)37-18-8-10-20-41(37)51-46)40-28-32-14-4-5-15-33(32)34-16-6-7-17-35(34)40/h1-28H. The molecule has 0 aliphatic heterocycles. The number of fused-ring (bicyclic) bond motifs is 9. The Morgan fingerprint density at radius 1 is 0.365 bits per heavy atom. The lowest BCUT2D eigenvalue weighted by molar-refractivity contribution is 0.667. The molecule has 242 valence electrons. The minimum atomic E-state index is 0.618. The molecule has 0 saturated heterocycles. The zero-order valence-corrected chi connectivity index (χ0v) is 27.9. The molecule has 52 heavy (non-hydrogen) atoms. The molecule has 11 aromatic rings. The van der Waals surface area contributed by atoms with Crippen molar-refractivity contribution in [2.24, 2.45) is 0 Å². The Bertz CT molecular complexity index is 3170. The highest BCUT2D eigenvalue weighted by Gasteiger charge is 2.23. The Kier molecular flexibility index (Phi) is 6.22. The molecule has 3 heterocycles. The summed E-state index contributed by atoms with van der Waals surface area (Å²) < 4.78 is 13.3. The van der Waals surface area contributed by atoms with Crippen molar-refractivity contribution >= 4 is 65.6 Å². The summed E-state index contributed by atoms with van der Waals surface area (Å²) in [5.74, 6) is 0.618. The van der Waals surface area contributed by atoms with Crippen molar-refractivity contribution in [3.8, 4) is 44.9 Å². The summed E-state index contributed by atoms with van der Waals surface area (Å²) in [6, 6.07) is 59.1. The fraction of sp³-hybridized carbons (Fsp3) is 0. The second-order valence-electron chi connectivity index (χ2n) is 13.3. The third-order valence-electron chi connectivity index (χ3n) is 10.3. The van der Waals surface area contributed by atoms with Gasteiger partial charge >= 0.3 is 0 Å². The van der Waals surface area contributed by atoms with Crippen LogP contribution < -0.4 is 0 Å². The lowest BCUT2D eigenvalue weighted by atomic mass is 9.91. The zero-order chi connectivity index (χ0) is 34.2. The van der Waals surface area contributed by atoms with Gasteiger partial charge in [0.25, 0.3) is 0 Å². The normalized spacial score (nSPS) is 11.8. The summed E-state index contributed by atoms with van der Waals surface area (Å²) in [6.07, 6.45) is 0. The molecular formula is C48H28N2O2. The summed E-state index contributed by atoms with van der Waals surface area (Å²) in [4.78, 5) is 10.6. The topological polar surface area (TPSA) is 52.1 Å². The Labute approximate surface area is 298 Å². The molecule has 0 atom stereocenters. The molecule has 4 nitrogen and oxygen atoms in total. The number of para-hydroxylation sites is 2. The van der Waals surface area contributed by atoms with Gasteiger partial charge in [-0.05, 0) is 74.6 Å². The molecular weight excluding hydrogens is 637 g/mol. The molecule has 0 radical (unpaired) electrons. The van der Waals surface area contributed by atoms with Gasteiger partial charge in [-0.3, -0.25) is 0 Å². The molecule has 0 aliphatic carbocycles. The van der Waals surface area contributed by atoms with Crippen molar-refractivity contribution in [1.29, 1.82) is 0 Å². The van der Waals surface area contributed by atoms with Crippen LogP contribution >= 0.6 is 0 Å². The predicted molar refractivity (Wildman–Crippen MR) is 213 cm³/mol. The molecule has 0 saturated carbocycles. The van der Waals surface area contributed by atoms with Crippen molar-refractivity contribution in [2.75, 3.05) is 0 Å². The van der Waals surface area contributed by atoms with Gasteiger partial charge in [0.15, 0.2) is 11.4 Å². The van der Waals surface area contributed by atoms with E-state index in [0.29, 0.717) is 11.4 Å². The summed E-state index contributed by atoms with van der Waals surface area (Å²) in [5, 5.41) is 7.78. The highest BCUT2D eigenvalue weighted by Crippen LogP contribution is 2.45. The van der Waals surface area contributed by atoms with Crippen LogP contribution in [0.3, 0.4) is 0 Å². The van der Waals surface area contributed by atoms with E-state index in [9.17, 15) is 0 Å². The molecule has 0 N–H and O–H groups in total. The van der Waals surface area contributed by atoms with E-state index in [2.05, 4.69) is 133 Å². The highest BCUT2D eigenvalue weighted by atomic mass is 16.3. The first-order valence-electron chi connectivity index (χ1n) is 17.5. The van der Waals surface area contributed by atoms with Crippen LogP contribution in [-0.4, -0.2) is 9.97 Å². The van der Waals surface area contributed by atoms with Crippen molar-refractivity contribution in [3.05, 3.63) is 170 Å². The zero-order valence-electron chi connectivity index (χ0n) is 27.9. The first-order valence-corrected chi connectivity index (χ1v) is 17.5. The fourth-order valence-corrected chi connectivity index (χ4v) is 7.86. The number of benzene rings is 8. The summed E-state index contributed by atoms with van der Waals surface area (Å²) in [5.41, 5.74) is 11.0. The molecule has 0 bridgehead atoms. The smallest absolute Gasteiger partial charge is 0.180 e. The summed E-state index contributed by atoms with van der Waals surface area (Å²) in [7, 11) is 0. The molecule has 8 aromatic carbocycles. The summed E-state index contributed by atoms with van der Waals surface area (Å²) >= 11 is 0. The van der Waals surface area contributed by atoms with E-state index in [1.54, 1.807) is 0 Å². The maximum Gasteiger partial charge on any atom is 0.180 e. The number of nitrogens with zero attached hydrogens (tertiary/aromatic N) is 2. The molecule has 0 fully saturated rings. The lowest BCUT2D eigenvalue weighted by Gasteiger charge is -2.13. The quantitative estimate of drug-likeness (QED) is 0.176. The van der Waals surface area contributed by atoms with Crippen LogP contribution in [0.25, 0.3) is 110 Å². The maximum absolute atomic E-state index is 6.80. The van der Waals surface area contributed by atoms with E-state index in [0.717, 1.165) is 71.9 Å². The minimum Gasteiger partial charge on any atom is -0.455 e. The van der Waals surface area contributed by atoms with Crippen LogP contribution in [0.15, 0.2) is 179 Å². The molecule has 3 aromatic heterocycles. The van der Waals surface area contributed by atoms with E-state index < -0.39 is 0 Å². The Balaban J connectivity index is 1.19. The predicted octanol–water partition coefficient (Wildman–Crippen LogP) is 13.2. The van der Waals surface area contributed by atoms with Crippen molar-refractivity contribution in [1.82, 2.24) is 9.97 Å². The van der Waals surface area contributed by atoms with Crippen LogP contribution in [0.5, 0.6) is 0 Å². The largest absolute Gasteiger partial charge is 0.455 e. The van der Waals surface area contributed by atoms with Gasteiger partial charge in [0.2, 0.25) is 0 Å². The van der Waals surface area contributed by atoms with Crippen LogP contribution in [-0.2, 0) is 0 Å². The monoisotopic (exact) mass is 664 g/mol. The Morgan fingerprint density at radius 3 is 1.75 bits per heavy atom. The average Bonchev–Trinajstić information content (AvgIpc) is 3.80. The number of aromatic nitrogens is 2. The van der Waals surface area contributed by atoms with Crippen LogP contribution in [0, 0.1) is 0 Å². The van der Waals surface area contributed by atoms with E-state index in [1.165, 1.54) is 27.1 Å². The Morgan fingerprint density at radius 2 is 0.942 bits per heavy atom. The van der Waals surface area contributed by atoms with E-state index in [4.69, 9.17) is 18.8 Å². The second kappa shape index (κ2) is 11.2. The Hall–Kier alpha value is -7.04. The number of furan rings is 2. The highest BCUT2D eigenvalue weighted by molar-refractivity contribution is 6.20. The SMILES string of the molecule is c1ccc(-c2ccc(-c3nc(-c4ccc(-c5cc6ccccc6c6ccccc56)c5oc6ccccc6c45)nc4c3oc3ccccc34)cc2)cc1. The molecule has 11 rings (SSSR count). The van der Waals surface area contributed by atoms with Crippen molar-refractivity contribution in [3.63, 3.8) is 0 Å². The first kappa shape index (κ1) is 28.8. The molecule has 0 spiro atoms. The van der Waals surface area contributed by atoms with Gasteiger partial charge in [-0.1, -0.05) is 133 Å². The number of hydrogen-bond acceptors (Lipinski definition) is 4. The van der Waals surface area contributed by atoms with Crippen LogP contribution in [0.1, 0.15) is 0 Å². The van der Waals surface area contributed by atoms with Crippen LogP contribution in [0.4, 0.5) is 0 Å². The molecule has 4 heteroatoms. The van der Waals surface area contributed by atoms with Gasteiger partial charge in [0.05, 0.1) is 0 Å². The fourth-order valence-electron chi connectivity index (χ4n) is 7.86. The van der Waals surface area contributed by atoms with Crippen molar-refractivity contribution in [2.45, 2.75) is 0 Å². The lowest BCUT2D eigenvalue weighted by Crippen LogP contribution is -1.95. The first-order chi connectivity index (χ1) is 25.8. The maximum atomic E-state index is 6.80. The van der Waals surface area contributed by atoms with E-state index >= 15 is 0 Å². The third kappa shape index (κ3) is 4.34. The molecule has 0 aliphatic rings. The minimum absolute atomic E-state index is 0.618. The molecule has 0 unspecified atom stereocenters. The van der Waals surface area contributed by atoms with Crippen molar-refractivity contribution < 1.29 is 8.83 Å². The molecule has 0 amide bonds. The number of rotatable bonds is 4. The van der Waals surface area contributed by atoms with E-state index in [-0.39, 0.29) is 0 Å². The van der Waals surface area contributed by atoms with Crippen LogP contribution in [0.2, 0.25) is 0 Å². The summed E-state index contributed by atoms with van der Waals surface area (Å²) in [6.45, 7) is 0. The van der Waals surface area contributed by atoms with Gasteiger partial charge in [0.1, 0.15) is 28.0 Å².